The zero-order valence-corrected chi connectivity index (χ0v) is 12.4. The molecule has 0 aliphatic rings. The first-order valence-corrected chi connectivity index (χ1v) is 6.79. The van der Waals surface area contributed by atoms with E-state index in [1.807, 2.05) is 0 Å². The van der Waals surface area contributed by atoms with Gasteiger partial charge in [-0.25, -0.2) is 0 Å². The Labute approximate surface area is 112 Å². The van der Waals surface area contributed by atoms with Crippen LogP contribution >= 0.6 is 0 Å². The van der Waals surface area contributed by atoms with Gasteiger partial charge in [-0.1, -0.05) is 26.0 Å². The SMILES string of the molecule is COc1ccc(C(C)C)cc1CCCC(C)(C)N. The maximum Gasteiger partial charge on any atom is 0.122 e. The molecule has 1 aromatic rings. The van der Waals surface area contributed by atoms with Gasteiger partial charge >= 0.3 is 0 Å². The lowest BCUT2D eigenvalue weighted by atomic mass is 9.94. The first-order chi connectivity index (χ1) is 8.33. The third kappa shape index (κ3) is 4.69. The molecule has 0 spiro atoms. The van der Waals surface area contributed by atoms with Crippen LogP contribution in [-0.2, 0) is 6.42 Å². The van der Waals surface area contributed by atoms with Crippen molar-refractivity contribution >= 4 is 0 Å². The fraction of sp³-hybridized carbons (Fsp3) is 0.625. The van der Waals surface area contributed by atoms with Crippen LogP contribution < -0.4 is 10.5 Å². The second-order valence-corrected chi connectivity index (χ2v) is 6.07. The third-order valence-corrected chi connectivity index (χ3v) is 3.24. The average molecular weight is 249 g/mol. The topological polar surface area (TPSA) is 35.2 Å². The van der Waals surface area contributed by atoms with Crippen LogP contribution in [0.2, 0.25) is 0 Å². The van der Waals surface area contributed by atoms with E-state index in [2.05, 4.69) is 45.9 Å². The quantitative estimate of drug-likeness (QED) is 0.830. The van der Waals surface area contributed by atoms with Crippen molar-refractivity contribution in [3.8, 4) is 5.75 Å². The Morgan fingerprint density at radius 1 is 1.28 bits per heavy atom. The largest absolute Gasteiger partial charge is 0.496 e. The molecule has 0 unspecified atom stereocenters. The molecule has 2 nitrogen and oxygen atoms in total. The molecule has 0 saturated carbocycles. The van der Waals surface area contributed by atoms with E-state index in [0.717, 1.165) is 25.0 Å². The molecule has 0 fully saturated rings. The maximum atomic E-state index is 6.02. The second-order valence-electron chi connectivity index (χ2n) is 6.07. The molecular formula is C16H27NO. The van der Waals surface area contributed by atoms with E-state index in [0.29, 0.717) is 5.92 Å². The summed E-state index contributed by atoms with van der Waals surface area (Å²) in [6.07, 6.45) is 3.16. The molecule has 0 radical (unpaired) electrons. The van der Waals surface area contributed by atoms with Gasteiger partial charge in [-0.15, -0.1) is 0 Å². The van der Waals surface area contributed by atoms with Crippen LogP contribution in [0.15, 0.2) is 18.2 Å². The molecule has 0 heterocycles. The number of ether oxygens (including phenoxy) is 1. The zero-order valence-electron chi connectivity index (χ0n) is 12.4. The highest BCUT2D eigenvalue weighted by Crippen LogP contribution is 2.26. The third-order valence-electron chi connectivity index (χ3n) is 3.24. The van der Waals surface area contributed by atoms with E-state index >= 15 is 0 Å². The fourth-order valence-corrected chi connectivity index (χ4v) is 2.09. The maximum absolute atomic E-state index is 6.02. The van der Waals surface area contributed by atoms with E-state index in [4.69, 9.17) is 10.5 Å². The minimum atomic E-state index is -0.0805. The Morgan fingerprint density at radius 3 is 2.44 bits per heavy atom. The van der Waals surface area contributed by atoms with Crippen molar-refractivity contribution < 1.29 is 4.74 Å². The van der Waals surface area contributed by atoms with Gasteiger partial charge in [0.25, 0.3) is 0 Å². The van der Waals surface area contributed by atoms with Crippen molar-refractivity contribution in [2.75, 3.05) is 7.11 Å². The highest BCUT2D eigenvalue weighted by atomic mass is 16.5. The van der Waals surface area contributed by atoms with Crippen LogP contribution in [0.5, 0.6) is 5.75 Å². The van der Waals surface area contributed by atoms with Crippen molar-refractivity contribution in [2.45, 2.75) is 58.4 Å². The van der Waals surface area contributed by atoms with Crippen LogP contribution in [-0.4, -0.2) is 12.6 Å². The van der Waals surface area contributed by atoms with E-state index in [9.17, 15) is 0 Å². The fourth-order valence-electron chi connectivity index (χ4n) is 2.09. The summed E-state index contributed by atoms with van der Waals surface area (Å²) in [5.41, 5.74) is 8.61. The van der Waals surface area contributed by atoms with Gasteiger partial charge in [0.2, 0.25) is 0 Å². The van der Waals surface area contributed by atoms with Gasteiger partial charge in [-0.05, 0) is 56.2 Å². The Morgan fingerprint density at radius 2 is 1.94 bits per heavy atom. The van der Waals surface area contributed by atoms with Crippen LogP contribution in [0.25, 0.3) is 0 Å². The van der Waals surface area contributed by atoms with Crippen molar-refractivity contribution in [2.24, 2.45) is 5.73 Å². The summed E-state index contributed by atoms with van der Waals surface area (Å²) in [6, 6.07) is 6.51. The smallest absolute Gasteiger partial charge is 0.122 e. The Bertz CT molecular complexity index is 377. The van der Waals surface area contributed by atoms with Gasteiger partial charge < -0.3 is 10.5 Å². The number of nitrogens with two attached hydrogens (primary N) is 1. The highest BCUT2D eigenvalue weighted by Gasteiger charge is 2.12. The molecule has 2 heteroatoms. The number of hydrogen-bond acceptors (Lipinski definition) is 2. The van der Waals surface area contributed by atoms with Gasteiger partial charge in [0.1, 0.15) is 5.75 Å². The minimum absolute atomic E-state index is 0.0805. The molecule has 0 saturated heterocycles. The van der Waals surface area contributed by atoms with Gasteiger partial charge in [0.15, 0.2) is 0 Å². The second kappa shape index (κ2) is 6.24. The Hall–Kier alpha value is -1.02. The van der Waals surface area contributed by atoms with Crippen molar-refractivity contribution in [3.05, 3.63) is 29.3 Å². The van der Waals surface area contributed by atoms with Crippen LogP contribution in [0.4, 0.5) is 0 Å². The molecule has 0 bridgehead atoms. The zero-order chi connectivity index (χ0) is 13.8. The molecule has 0 atom stereocenters. The lowest BCUT2D eigenvalue weighted by molar-refractivity contribution is 0.405. The number of methoxy groups -OCH3 is 1. The number of benzene rings is 1. The predicted molar refractivity (Wildman–Crippen MR) is 78.3 cm³/mol. The molecule has 0 aliphatic carbocycles. The van der Waals surface area contributed by atoms with Crippen LogP contribution in [0.3, 0.4) is 0 Å². The molecule has 0 aliphatic heterocycles. The lowest BCUT2D eigenvalue weighted by Gasteiger charge is -2.19. The normalized spacial score (nSPS) is 11.9. The molecule has 1 aromatic carbocycles. The van der Waals surface area contributed by atoms with Crippen LogP contribution in [0, 0.1) is 0 Å². The summed E-state index contributed by atoms with van der Waals surface area (Å²) in [5.74, 6) is 1.55. The van der Waals surface area contributed by atoms with Crippen LogP contribution in [0.1, 0.15) is 57.6 Å². The molecule has 102 valence electrons. The van der Waals surface area contributed by atoms with Gasteiger partial charge in [-0.2, -0.15) is 0 Å². The molecule has 0 aromatic heterocycles. The van der Waals surface area contributed by atoms with E-state index < -0.39 is 0 Å². The number of aryl methyl sites for hydroxylation is 1. The summed E-state index contributed by atoms with van der Waals surface area (Å²) < 4.78 is 5.43. The van der Waals surface area contributed by atoms with E-state index in [1.165, 1.54) is 11.1 Å². The van der Waals surface area contributed by atoms with Gasteiger partial charge in [0.05, 0.1) is 7.11 Å². The minimum Gasteiger partial charge on any atom is -0.496 e. The lowest BCUT2D eigenvalue weighted by Crippen LogP contribution is -2.31. The first kappa shape index (κ1) is 15.0. The molecule has 1 rings (SSSR count). The van der Waals surface area contributed by atoms with Gasteiger partial charge in [0, 0.05) is 5.54 Å². The highest BCUT2D eigenvalue weighted by molar-refractivity contribution is 5.38. The van der Waals surface area contributed by atoms with E-state index in [-0.39, 0.29) is 5.54 Å². The average Bonchev–Trinajstić information content (AvgIpc) is 2.27. The first-order valence-electron chi connectivity index (χ1n) is 6.79. The van der Waals surface area contributed by atoms with Crippen molar-refractivity contribution in [1.29, 1.82) is 0 Å². The summed E-state index contributed by atoms with van der Waals surface area (Å²) in [6.45, 7) is 8.59. The summed E-state index contributed by atoms with van der Waals surface area (Å²) in [7, 11) is 1.74. The van der Waals surface area contributed by atoms with Gasteiger partial charge in [-0.3, -0.25) is 0 Å². The molecular weight excluding hydrogens is 222 g/mol. The molecule has 18 heavy (non-hydrogen) atoms. The Kier molecular flexibility index (Phi) is 5.21. The summed E-state index contributed by atoms with van der Waals surface area (Å²) in [5, 5.41) is 0. The predicted octanol–water partition coefficient (Wildman–Crippen LogP) is 3.88. The van der Waals surface area contributed by atoms with Crippen molar-refractivity contribution in [3.63, 3.8) is 0 Å². The molecule has 0 amide bonds. The number of hydrogen-bond donors (Lipinski definition) is 1. The Balaban J connectivity index is 2.75. The van der Waals surface area contributed by atoms with E-state index in [1.54, 1.807) is 7.11 Å². The summed E-state index contributed by atoms with van der Waals surface area (Å²) in [4.78, 5) is 0. The van der Waals surface area contributed by atoms with Crippen molar-refractivity contribution in [1.82, 2.24) is 0 Å². The standard InChI is InChI=1S/C16H27NO/c1-12(2)13-8-9-15(18-5)14(11-13)7-6-10-16(3,4)17/h8-9,11-12H,6-7,10,17H2,1-5H3. The summed E-state index contributed by atoms with van der Waals surface area (Å²) >= 11 is 0. The number of rotatable bonds is 6. The monoisotopic (exact) mass is 249 g/mol. The molecule has 2 N–H and O–H groups in total.